The van der Waals surface area contributed by atoms with E-state index < -0.39 is 12.0 Å². The molecule has 21 heavy (non-hydrogen) atoms. The number of thiazole rings is 1. The van der Waals surface area contributed by atoms with Crippen LogP contribution in [0.25, 0.3) is 0 Å². The van der Waals surface area contributed by atoms with Crippen LogP contribution in [0.5, 0.6) is 0 Å². The van der Waals surface area contributed by atoms with E-state index in [0.29, 0.717) is 11.7 Å². The molecule has 0 unspecified atom stereocenters. The second kappa shape index (κ2) is 6.89. The number of carboxylic acids is 1. The van der Waals surface area contributed by atoms with Crippen LogP contribution in [-0.2, 0) is 10.2 Å². The van der Waals surface area contributed by atoms with Gasteiger partial charge in [-0.1, -0.05) is 34.6 Å². The smallest absolute Gasteiger partial charge is 0.324 e. The molecule has 1 aromatic rings. The minimum absolute atomic E-state index is 0.0852. The third-order valence-electron chi connectivity index (χ3n) is 2.69. The van der Waals surface area contributed by atoms with E-state index in [9.17, 15) is 9.59 Å². The molecule has 0 aliphatic carbocycles. The van der Waals surface area contributed by atoms with Gasteiger partial charge in [-0.2, -0.15) is 0 Å². The van der Waals surface area contributed by atoms with E-state index in [4.69, 9.17) is 5.11 Å². The average Bonchev–Trinajstić information content (AvgIpc) is 2.74. The molecule has 1 aromatic heterocycles. The maximum Gasteiger partial charge on any atom is 0.324 e. The molecule has 2 N–H and O–H groups in total. The van der Waals surface area contributed by atoms with Gasteiger partial charge in [0.05, 0.1) is 5.69 Å². The van der Waals surface area contributed by atoms with E-state index in [1.54, 1.807) is 0 Å². The Hall–Kier alpha value is -1.63. The van der Waals surface area contributed by atoms with Gasteiger partial charge in [0, 0.05) is 17.3 Å². The average molecular weight is 313 g/mol. The Bertz CT molecular complexity index is 506. The summed E-state index contributed by atoms with van der Waals surface area (Å²) in [6.45, 7) is 10.1. The molecule has 0 aliphatic rings. The Labute approximate surface area is 129 Å². The van der Waals surface area contributed by atoms with Crippen molar-refractivity contribution in [3.8, 4) is 0 Å². The quantitative estimate of drug-likeness (QED) is 0.875. The minimum atomic E-state index is -1.03. The highest BCUT2D eigenvalue weighted by Gasteiger charge is 2.21. The Morgan fingerprint density at radius 1 is 1.43 bits per heavy atom. The standard InChI is InChI=1S/C14H23N3O3S/c1-9(2)6-17(7-11(18)19)13(20)16-12-15-10(8-21-12)14(3,4)5/h8-9H,6-7H2,1-5H3,(H,18,19)(H,15,16,20). The third-order valence-corrected chi connectivity index (χ3v) is 3.44. The molecule has 0 saturated heterocycles. The third kappa shape index (κ3) is 5.71. The van der Waals surface area contributed by atoms with Gasteiger partial charge in [0.2, 0.25) is 0 Å². The first kappa shape index (κ1) is 17.4. The van der Waals surface area contributed by atoms with Gasteiger partial charge in [0.15, 0.2) is 5.13 Å². The van der Waals surface area contributed by atoms with Crippen LogP contribution in [-0.4, -0.2) is 40.1 Å². The van der Waals surface area contributed by atoms with Gasteiger partial charge < -0.3 is 10.0 Å². The van der Waals surface area contributed by atoms with Crippen molar-refractivity contribution in [1.29, 1.82) is 0 Å². The van der Waals surface area contributed by atoms with Gasteiger partial charge in [0.1, 0.15) is 6.54 Å². The maximum absolute atomic E-state index is 12.2. The SMILES string of the molecule is CC(C)CN(CC(=O)O)C(=O)Nc1nc(C(C)(C)C)cs1. The number of anilines is 1. The van der Waals surface area contributed by atoms with E-state index in [2.05, 4.69) is 10.3 Å². The van der Waals surface area contributed by atoms with Crippen molar-refractivity contribution in [1.82, 2.24) is 9.88 Å². The summed E-state index contributed by atoms with van der Waals surface area (Å²) in [6, 6.07) is -0.430. The molecule has 1 heterocycles. The first-order valence-corrected chi connectivity index (χ1v) is 7.71. The fraction of sp³-hybridized carbons (Fsp3) is 0.643. The number of hydrogen-bond donors (Lipinski definition) is 2. The number of nitrogens with one attached hydrogen (secondary N) is 1. The fourth-order valence-electron chi connectivity index (χ4n) is 1.67. The zero-order valence-corrected chi connectivity index (χ0v) is 14.0. The van der Waals surface area contributed by atoms with Gasteiger partial charge in [-0.3, -0.25) is 10.1 Å². The van der Waals surface area contributed by atoms with Gasteiger partial charge in [-0.05, 0) is 5.92 Å². The molecule has 0 spiro atoms. The number of hydrogen-bond acceptors (Lipinski definition) is 4. The molecule has 0 atom stereocenters. The molecule has 0 fully saturated rings. The van der Waals surface area contributed by atoms with E-state index in [0.717, 1.165) is 5.69 Å². The van der Waals surface area contributed by atoms with Crippen molar-refractivity contribution < 1.29 is 14.7 Å². The molecule has 6 nitrogen and oxygen atoms in total. The number of carbonyl (C=O) groups is 2. The van der Waals surface area contributed by atoms with E-state index in [1.165, 1.54) is 16.2 Å². The van der Waals surface area contributed by atoms with E-state index in [-0.39, 0.29) is 17.9 Å². The van der Waals surface area contributed by atoms with Gasteiger partial charge in [-0.15, -0.1) is 11.3 Å². The summed E-state index contributed by atoms with van der Waals surface area (Å²) >= 11 is 1.34. The number of aliphatic carboxylic acids is 1. The monoisotopic (exact) mass is 313 g/mol. The number of nitrogens with zero attached hydrogens (tertiary/aromatic N) is 2. The Kier molecular flexibility index (Phi) is 5.71. The number of rotatable bonds is 5. The lowest BCUT2D eigenvalue weighted by Gasteiger charge is -2.22. The van der Waals surface area contributed by atoms with Crippen molar-refractivity contribution in [2.75, 3.05) is 18.4 Å². The number of urea groups is 1. The number of aromatic nitrogens is 1. The summed E-state index contributed by atoms with van der Waals surface area (Å²) in [4.78, 5) is 28.7. The lowest BCUT2D eigenvalue weighted by molar-refractivity contribution is -0.137. The summed E-state index contributed by atoms with van der Waals surface area (Å²) in [6.07, 6.45) is 0. The highest BCUT2D eigenvalue weighted by atomic mass is 32.1. The first-order chi connectivity index (χ1) is 9.59. The predicted molar refractivity (Wildman–Crippen MR) is 83.9 cm³/mol. The Morgan fingerprint density at radius 3 is 2.48 bits per heavy atom. The molecule has 2 amide bonds. The largest absolute Gasteiger partial charge is 0.480 e. The predicted octanol–water partition coefficient (Wildman–Crippen LogP) is 3.02. The van der Waals surface area contributed by atoms with Crippen LogP contribution >= 0.6 is 11.3 Å². The van der Waals surface area contributed by atoms with Crippen molar-refractivity contribution in [3.63, 3.8) is 0 Å². The van der Waals surface area contributed by atoms with Crippen LogP contribution in [0.2, 0.25) is 0 Å². The fourth-order valence-corrected chi connectivity index (χ4v) is 2.60. The molecule has 0 saturated carbocycles. The molecule has 0 aliphatic heterocycles. The van der Waals surface area contributed by atoms with Crippen molar-refractivity contribution in [2.45, 2.75) is 40.0 Å². The molecule has 0 bridgehead atoms. The topological polar surface area (TPSA) is 82.5 Å². The van der Waals surface area contributed by atoms with E-state index >= 15 is 0 Å². The van der Waals surface area contributed by atoms with Crippen LogP contribution < -0.4 is 5.32 Å². The van der Waals surface area contributed by atoms with Crippen LogP contribution in [0, 0.1) is 5.92 Å². The molecule has 118 valence electrons. The minimum Gasteiger partial charge on any atom is -0.480 e. The summed E-state index contributed by atoms with van der Waals surface area (Å²) in [7, 11) is 0. The van der Waals surface area contributed by atoms with E-state index in [1.807, 2.05) is 40.0 Å². The normalized spacial score (nSPS) is 11.5. The zero-order chi connectivity index (χ0) is 16.2. The summed E-state index contributed by atoms with van der Waals surface area (Å²) in [5, 5.41) is 14.0. The molecule has 0 aromatic carbocycles. The lowest BCUT2D eigenvalue weighted by atomic mass is 9.93. The molecule has 1 rings (SSSR count). The maximum atomic E-state index is 12.2. The van der Waals surface area contributed by atoms with Crippen molar-refractivity contribution >= 4 is 28.5 Å². The zero-order valence-electron chi connectivity index (χ0n) is 13.1. The van der Waals surface area contributed by atoms with Crippen LogP contribution in [0.1, 0.15) is 40.3 Å². The second-order valence-corrected chi connectivity index (χ2v) is 7.24. The van der Waals surface area contributed by atoms with Crippen LogP contribution in [0.15, 0.2) is 5.38 Å². The lowest BCUT2D eigenvalue weighted by Crippen LogP contribution is -2.40. The van der Waals surface area contributed by atoms with Crippen LogP contribution in [0.3, 0.4) is 0 Å². The highest BCUT2D eigenvalue weighted by Crippen LogP contribution is 2.26. The summed E-state index contributed by atoms with van der Waals surface area (Å²) < 4.78 is 0. The molecular weight excluding hydrogens is 290 g/mol. The van der Waals surface area contributed by atoms with Crippen molar-refractivity contribution in [3.05, 3.63) is 11.1 Å². The molecule has 7 heteroatoms. The Morgan fingerprint density at radius 2 is 2.05 bits per heavy atom. The first-order valence-electron chi connectivity index (χ1n) is 6.83. The van der Waals surface area contributed by atoms with Crippen molar-refractivity contribution in [2.24, 2.45) is 5.92 Å². The van der Waals surface area contributed by atoms with Gasteiger partial charge in [-0.25, -0.2) is 9.78 Å². The summed E-state index contributed by atoms with van der Waals surface area (Å²) in [5.41, 5.74) is 0.814. The second-order valence-electron chi connectivity index (χ2n) is 6.39. The number of carboxylic acid groups (broad SMARTS) is 1. The summed E-state index contributed by atoms with van der Waals surface area (Å²) in [5.74, 6) is -0.836. The molecule has 0 radical (unpaired) electrons. The van der Waals surface area contributed by atoms with Gasteiger partial charge >= 0.3 is 12.0 Å². The van der Waals surface area contributed by atoms with Crippen LogP contribution in [0.4, 0.5) is 9.93 Å². The number of carbonyl (C=O) groups excluding carboxylic acids is 1. The molecular formula is C14H23N3O3S. The number of amides is 2. The Balaban J connectivity index is 2.76. The van der Waals surface area contributed by atoms with Gasteiger partial charge in [0.25, 0.3) is 0 Å². The highest BCUT2D eigenvalue weighted by molar-refractivity contribution is 7.13.